The molecule has 2 heterocycles. The Morgan fingerprint density at radius 1 is 0.966 bits per heavy atom. The van der Waals surface area contributed by atoms with Crippen molar-refractivity contribution in [1.29, 1.82) is 0 Å². The molecule has 0 amide bonds. The topological polar surface area (TPSA) is 75.4 Å². The molecule has 0 saturated carbocycles. The van der Waals surface area contributed by atoms with Crippen LogP contribution in [0.3, 0.4) is 0 Å². The second-order valence-electron chi connectivity index (χ2n) is 7.10. The zero-order chi connectivity index (χ0) is 20.5. The molecular formula is C22H21N5OS. The standard InChI is InChI=1S/C22H21N5OS/c1-13-5-8-17(9-6-13)19-12-29-22(23-19)27-21(28)20(16(4)26-27)25-24-18-10-7-14(2)11-15(18)3/h5-12,26H,1-4H3. The van der Waals surface area contributed by atoms with E-state index in [9.17, 15) is 4.79 Å². The van der Waals surface area contributed by atoms with Gasteiger partial charge in [0.1, 0.15) is 0 Å². The van der Waals surface area contributed by atoms with E-state index in [0.717, 1.165) is 28.1 Å². The summed E-state index contributed by atoms with van der Waals surface area (Å²) in [5.74, 6) is 0. The fourth-order valence-corrected chi connectivity index (χ4v) is 3.83. The Morgan fingerprint density at radius 2 is 1.69 bits per heavy atom. The van der Waals surface area contributed by atoms with Crippen LogP contribution in [0, 0.1) is 27.7 Å². The summed E-state index contributed by atoms with van der Waals surface area (Å²) in [6.45, 7) is 7.86. The van der Waals surface area contributed by atoms with E-state index in [1.165, 1.54) is 21.6 Å². The molecule has 0 aliphatic rings. The third-order valence-corrected chi connectivity index (χ3v) is 5.51. The molecule has 0 radical (unpaired) electrons. The van der Waals surface area contributed by atoms with Gasteiger partial charge in [-0.25, -0.2) is 4.98 Å². The van der Waals surface area contributed by atoms with Gasteiger partial charge in [0.05, 0.1) is 17.1 Å². The van der Waals surface area contributed by atoms with Gasteiger partial charge >= 0.3 is 5.56 Å². The Hall–Kier alpha value is -3.32. The van der Waals surface area contributed by atoms with Crippen molar-refractivity contribution in [2.24, 2.45) is 10.2 Å². The first-order chi connectivity index (χ1) is 13.9. The molecule has 1 N–H and O–H groups in total. The average Bonchev–Trinajstić information content (AvgIpc) is 3.27. The summed E-state index contributed by atoms with van der Waals surface area (Å²) in [6, 6.07) is 14.1. The average molecular weight is 404 g/mol. The van der Waals surface area contributed by atoms with E-state index in [-0.39, 0.29) is 11.2 Å². The van der Waals surface area contributed by atoms with E-state index in [4.69, 9.17) is 0 Å². The maximum Gasteiger partial charge on any atom is 0.301 e. The van der Waals surface area contributed by atoms with Crippen molar-refractivity contribution >= 4 is 22.7 Å². The minimum atomic E-state index is -0.263. The summed E-state index contributed by atoms with van der Waals surface area (Å²) in [4.78, 5) is 17.5. The zero-order valence-corrected chi connectivity index (χ0v) is 17.5. The molecule has 0 saturated heterocycles. The molecule has 0 spiro atoms. The van der Waals surface area contributed by atoms with E-state index < -0.39 is 0 Å². The number of H-pyrrole nitrogens is 1. The predicted octanol–water partition coefficient (Wildman–Crippen LogP) is 5.94. The van der Waals surface area contributed by atoms with Gasteiger partial charge in [-0.15, -0.1) is 16.5 Å². The highest BCUT2D eigenvalue weighted by atomic mass is 32.1. The van der Waals surface area contributed by atoms with E-state index in [1.54, 1.807) is 0 Å². The van der Waals surface area contributed by atoms with Gasteiger partial charge < -0.3 is 0 Å². The molecule has 2 aromatic carbocycles. The molecule has 6 nitrogen and oxygen atoms in total. The van der Waals surface area contributed by atoms with Gasteiger partial charge in [0.25, 0.3) is 0 Å². The quantitative estimate of drug-likeness (QED) is 0.428. The Labute approximate surface area is 172 Å². The van der Waals surface area contributed by atoms with Crippen LogP contribution in [0.15, 0.2) is 62.9 Å². The lowest BCUT2D eigenvalue weighted by Crippen LogP contribution is -2.13. The number of nitrogens with one attached hydrogen (secondary N) is 1. The molecule has 7 heteroatoms. The summed E-state index contributed by atoms with van der Waals surface area (Å²) >= 11 is 1.40. The lowest BCUT2D eigenvalue weighted by Gasteiger charge is -1.99. The summed E-state index contributed by atoms with van der Waals surface area (Å²) in [5.41, 5.74) is 6.65. The van der Waals surface area contributed by atoms with Crippen LogP contribution in [0.2, 0.25) is 0 Å². The third kappa shape index (κ3) is 3.82. The molecule has 0 aliphatic heterocycles. The summed E-state index contributed by atoms with van der Waals surface area (Å²) < 4.78 is 1.42. The maximum absolute atomic E-state index is 12.9. The number of aromatic nitrogens is 3. The number of benzene rings is 2. The Kier molecular flexibility index (Phi) is 4.98. The first-order valence-corrected chi connectivity index (χ1v) is 10.1. The lowest BCUT2D eigenvalue weighted by molar-refractivity contribution is 0.827. The van der Waals surface area contributed by atoms with Crippen LogP contribution in [0.4, 0.5) is 11.4 Å². The molecule has 0 atom stereocenters. The number of hydrogen-bond acceptors (Lipinski definition) is 5. The largest absolute Gasteiger partial charge is 0.301 e. The van der Waals surface area contributed by atoms with Gasteiger partial charge in [0.15, 0.2) is 5.69 Å². The van der Waals surface area contributed by atoms with E-state index >= 15 is 0 Å². The number of aromatic amines is 1. The predicted molar refractivity (Wildman–Crippen MR) is 117 cm³/mol. The van der Waals surface area contributed by atoms with Gasteiger partial charge in [0.2, 0.25) is 5.13 Å². The van der Waals surface area contributed by atoms with Crippen molar-refractivity contribution < 1.29 is 0 Å². The van der Waals surface area contributed by atoms with Crippen molar-refractivity contribution in [3.05, 3.63) is 80.6 Å². The highest BCUT2D eigenvalue weighted by molar-refractivity contribution is 7.12. The highest BCUT2D eigenvalue weighted by Crippen LogP contribution is 2.26. The minimum absolute atomic E-state index is 0.263. The summed E-state index contributed by atoms with van der Waals surface area (Å²) in [6.07, 6.45) is 0. The van der Waals surface area contributed by atoms with Crippen LogP contribution < -0.4 is 5.56 Å². The van der Waals surface area contributed by atoms with Crippen molar-refractivity contribution in [2.75, 3.05) is 0 Å². The molecule has 0 unspecified atom stereocenters. The SMILES string of the molecule is Cc1ccc(-c2csc(-n3[nH]c(C)c(N=Nc4ccc(C)cc4C)c3=O)n2)cc1. The number of rotatable bonds is 4. The fraction of sp³-hybridized carbons (Fsp3) is 0.182. The second-order valence-corrected chi connectivity index (χ2v) is 7.93. The first-order valence-electron chi connectivity index (χ1n) is 9.26. The molecule has 2 aromatic heterocycles. The number of azo groups is 1. The number of nitrogens with zero attached hydrogens (tertiary/aromatic N) is 4. The van der Waals surface area contributed by atoms with E-state index in [1.807, 2.05) is 75.5 Å². The number of hydrogen-bond donors (Lipinski definition) is 1. The smallest absolute Gasteiger partial charge is 0.291 e. The van der Waals surface area contributed by atoms with Crippen LogP contribution in [-0.2, 0) is 0 Å². The number of aryl methyl sites for hydroxylation is 4. The molecule has 0 bridgehead atoms. The fourth-order valence-electron chi connectivity index (χ4n) is 3.04. The first kappa shape index (κ1) is 19.0. The molecule has 4 aromatic rings. The van der Waals surface area contributed by atoms with E-state index in [2.05, 4.69) is 20.3 Å². The van der Waals surface area contributed by atoms with E-state index in [0.29, 0.717) is 10.8 Å². The van der Waals surface area contributed by atoms with Crippen LogP contribution in [-0.4, -0.2) is 14.8 Å². The van der Waals surface area contributed by atoms with Crippen molar-refractivity contribution in [2.45, 2.75) is 27.7 Å². The minimum Gasteiger partial charge on any atom is -0.291 e. The Morgan fingerprint density at radius 3 is 2.41 bits per heavy atom. The normalized spacial score (nSPS) is 11.4. The molecular weight excluding hydrogens is 382 g/mol. The molecule has 29 heavy (non-hydrogen) atoms. The molecule has 0 aliphatic carbocycles. The van der Waals surface area contributed by atoms with Gasteiger partial charge in [-0.2, -0.15) is 9.80 Å². The summed E-state index contributed by atoms with van der Waals surface area (Å²) in [5, 5.41) is 14.1. The zero-order valence-electron chi connectivity index (χ0n) is 16.7. The monoisotopic (exact) mass is 403 g/mol. The van der Waals surface area contributed by atoms with Crippen molar-refractivity contribution in [3.8, 4) is 16.4 Å². The van der Waals surface area contributed by atoms with Gasteiger partial charge in [-0.1, -0.05) is 47.5 Å². The summed E-state index contributed by atoms with van der Waals surface area (Å²) in [7, 11) is 0. The maximum atomic E-state index is 12.9. The van der Waals surface area contributed by atoms with Crippen molar-refractivity contribution in [1.82, 2.24) is 14.8 Å². The van der Waals surface area contributed by atoms with Crippen LogP contribution >= 0.6 is 11.3 Å². The second kappa shape index (κ2) is 7.60. The van der Waals surface area contributed by atoms with Gasteiger partial charge in [0, 0.05) is 10.9 Å². The molecule has 146 valence electrons. The molecule has 4 rings (SSSR count). The van der Waals surface area contributed by atoms with Crippen LogP contribution in [0.1, 0.15) is 22.4 Å². The van der Waals surface area contributed by atoms with Crippen LogP contribution in [0.5, 0.6) is 0 Å². The third-order valence-electron chi connectivity index (χ3n) is 4.68. The molecule has 0 fully saturated rings. The number of thiazole rings is 1. The van der Waals surface area contributed by atoms with Gasteiger partial charge in [-0.3, -0.25) is 9.89 Å². The Bertz CT molecular complexity index is 1260. The Balaban J connectivity index is 1.66. The van der Waals surface area contributed by atoms with Gasteiger partial charge in [-0.05, 0) is 39.3 Å². The van der Waals surface area contributed by atoms with Crippen molar-refractivity contribution in [3.63, 3.8) is 0 Å². The highest BCUT2D eigenvalue weighted by Gasteiger charge is 2.15. The lowest BCUT2D eigenvalue weighted by atomic mass is 10.1. The van der Waals surface area contributed by atoms with Crippen LogP contribution in [0.25, 0.3) is 16.4 Å².